The van der Waals surface area contributed by atoms with Gasteiger partial charge in [0.25, 0.3) is 0 Å². The standard InChI is InChI=1S/C16H28N2O3/c19-14(11-13-5-9-17-10-6-13)18-12-16(15(20)21)7-3-1-2-4-8-16/h13,17H,1-12H2,(H,18,19)(H,20,21). The van der Waals surface area contributed by atoms with Gasteiger partial charge in [-0.1, -0.05) is 25.7 Å². The van der Waals surface area contributed by atoms with Gasteiger partial charge in [0.05, 0.1) is 5.41 Å². The first-order valence-electron chi connectivity index (χ1n) is 8.33. The van der Waals surface area contributed by atoms with E-state index in [0.717, 1.165) is 51.6 Å². The van der Waals surface area contributed by atoms with Gasteiger partial charge in [0.15, 0.2) is 0 Å². The molecule has 0 atom stereocenters. The molecule has 0 aromatic carbocycles. The molecule has 0 spiro atoms. The van der Waals surface area contributed by atoms with Gasteiger partial charge < -0.3 is 15.7 Å². The van der Waals surface area contributed by atoms with Gasteiger partial charge in [-0.05, 0) is 44.7 Å². The van der Waals surface area contributed by atoms with Crippen molar-refractivity contribution in [3.8, 4) is 0 Å². The van der Waals surface area contributed by atoms with Gasteiger partial charge in [-0.3, -0.25) is 9.59 Å². The second-order valence-electron chi connectivity index (χ2n) is 6.67. The summed E-state index contributed by atoms with van der Waals surface area (Å²) in [5.74, 6) is -0.278. The Morgan fingerprint density at radius 3 is 2.29 bits per heavy atom. The molecule has 3 N–H and O–H groups in total. The number of carboxylic acid groups (broad SMARTS) is 1. The molecule has 2 fully saturated rings. The summed E-state index contributed by atoms with van der Waals surface area (Å²) < 4.78 is 0. The van der Waals surface area contributed by atoms with Crippen molar-refractivity contribution in [2.45, 2.75) is 57.8 Å². The second-order valence-corrected chi connectivity index (χ2v) is 6.67. The molecule has 0 aromatic heterocycles. The van der Waals surface area contributed by atoms with Crippen molar-refractivity contribution in [3.05, 3.63) is 0 Å². The van der Waals surface area contributed by atoms with Gasteiger partial charge in [-0.25, -0.2) is 0 Å². The SMILES string of the molecule is O=C(CC1CCNCC1)NCC1(C(=O)O)CCCCCC1. The van der Waals surface area contributed by atoms with Crippen molar-refractivity contribution in [1.29, 1.82) is 0 Å². The maximum absolute atomic E-state index is 12.1. The molecule has 0 aromatic rings. The number of carbonyl (C=O) groups is 2. The van der Waals surface area contributed by atoms with E-state index in [-0.39, 0.29) is 5.91 Å². The maximum atomic E-state index is 12.1. The fourth-order valence-electron chi connectivity index (χ4n) is 3.56. The van der Waals surface area contributed by atoms with Crippen LogP contribution in [0.25, 0.3) is 0 Å². The molecule has 1 amide bonds. The van der Waals surface area contributed by atoms with Crippen LogP contribution in [-0.4, -0.2) is 36.6 Å². The van der Waals surface area contributed by atoms with E-state index in [2.05, 4.69) is 10.6 Å². The minimum atomic E-state index is -0.744. The minimum Gasteiger partial charge on any atom is -0.481 e. The smallest absolute Gasteiger partial charge is 0.311 e. The molecule has 1 aliphatic carbocycles. The predicted octanol–water partition coefficient (Wildman–Crippen LogP) is 1.92. The average Bonchev–Trinajstić information content (AvgIpc) is 2.73. The normalized spacial score (nSPS) is 23.2. The van der Waals surface area contributed by atoms with E-state index in [1.165, 1.54) is 0 Å². The first-order chi connectivity index (χ1) is 10.1. The molecule has 1 saturated carbocycles. The largest absolute Gasteiger partial charge is 0.481 e. The van der Waals surface area contributed by atoms with E-state index < -0.39 is 11.4 Å². The summed E-state index contributed by atoms with van der Waals surface area (Å²) in [4.78, 5) is 23.8. The summed E-state index contributed by atoms with van der Waals surface area (Å²) >= 11 is 0. The molecule has 2 aliphatic rings. The molecule has 0 radical (unpaired) electrons. The van der Waals surface area contributed by atoms with E-state index >= 15 is 0 Å². The number of hydrogen-bond acceptors (Lipinski definition) is 3. The molecular weight excluding hydrogens is 268 g/mol. The number of hydrogen-bond donors (Lipinski definition) is 3. The molecule has 1 heterocycles. The van der Waals surface area contributed by atoms with Crippen LogP contribution in [0.3, 0.4) is 0 Å². The van der Waals surface area contributed by atoms with E-state index in [4.69, 9.17) is 0 Å². The molecule has 5 heteroatoms. The summed E-state index contributed by atoms with van der Waals surface area (Å²) in [6.45, 7) is 2.26. The number of aliphatic carboxylic acids is 1. The number of amides is 1. The fraction of sp³-hybridized carbons (Fsp3) is 0.875. The highest BCUT2D eigenvalue weighted by Crippen LogP contribution is 2.34. The third-order valence-electron chi connectivity index (χ3n) is 5.07. The van der Waals surface area contributed by atoms with Crippen LogP contribution in [0.1, 0.15) is 57.8 Å². The Hall–Kier alpha value is -1.10. The lowest BCUT2D eigenvalue weighted by Crippen LogP contribution is -2.43. The molecule has 21 heavy (non-hydrogen) atoms. The van der Waals surface area contributed by atoms with Crippen molar-refractivity contribution in [2.24, 2.45) is 11.3 Å². The molecular formula is C16H28N2O3. The summed E-state index contributed by atoms with van der Waals surface area (Å²) in [5, 5.41) is 15.8. The Bertz CT molecular complexity index is 357. The number of carbonyl (C=O) groups excluding carboxylic acids is 1. The van der Waals surface area contributed by atoms with Crippen molar-refractivity contribution < 1.29 is 14.7 Å². The lowest BCUT2D eigenvalue weighted by molar-refractivity contribution is -0.149. The second kappa shape index (κ2) is 7.78. The van der Waals surface area contributed by atoms with Crippen LogP contribution < -0.4 is 10.6 Å². The van der Waals surface area contributed by atoms with Crippen LogP contribution in [0.15, 0.2) is 0 Å². The minimum absolute atomic E-state index is 0.0202. The molecule has 0 unspecified atom stereocenters. The van der Waals surface area contributed by atoms with Crippen LogP contribution in [-0.2, 0) is 9.59 Å². The van der Waals surface area contributed by atoms with E-state index in [1.54, 1.807) is 0 Å². The molecule has 0 bridgehead atoms. The van der Waals surface area contributed by atoms with Crippen LogP contribution in [0.4, 0.5) is 0 Å². The van der Waals surface area contributed by atoms with Gasteiger partial charge in [0.1, 0.15) is 0 Å². The molecule has 1 aliphatic heterocycles. The zero-order chi connectivity index (χ0) is 15.1. The summed E-state index contributed by atoms with van der Waals surface area (Å²) in [6, 6.07) is 0. The Kier molecular flexibility index (Phi) is 6.03. The molecule has 120 valence electrons. The highest BCUT2D eigenvalue weighted by atomic mass is 16.4. The van der Waals surface area contributed by atoms with Crippen LogP contribution >= 0.6 is 0 Å². The first kappa shape index (κ1) is 16.3. The highest BCUT2D eigenvalue weighted by Gasteiger charge is 2.38. The summed E-state index contributed by atoms with van der Waals surface area (Å²) in [5.41, 5.74) is -0.736. The van der Waals surface area contributed by atoms with Gasteiger partial charge >= 0.3 is 5.97 Å². The van der Waals surface area contributed by atoms with Crippen molar-refractivity contribution >= 4 is 11.9 Å². The zero-order valence-electron chi connectivity index (χ0n) is 12.8. The van der Waals surface area contributed by atoms with Gasteiger partial charge in [-0.2, -0.15) is 0 Å². The number of nitrogens with one attached hydrogen (secondary N) is 2. The van der Waals surface area contributed by atoms with E-state index in [0.29, 0.717) is 31.7 Å². The Balaban J connectivity index is 1.83. The van der Waals surface area contributed by atoms with Crippen molar-refractivity contribution in [1.82, 2.24) is 10.6 Å². The first-order valence-corrected chi connectivity index (χ1v) is 8.33. The number of carboxylic acids is 1. The van der Waals surface area contributed by atoms with E-state index in [1.807, 2.05) is 0 Å². The van der Waals surface area contributed by atoms with Gasteiger partial charge in [-0.15, -0.1) is 0 Å². The number of piperidine rings is 1. The fourth-order valence-corrected chi connectivity index (χ4v) is 3.56. The molecule has 1 saturated heterocycles. The topological polar surface area (TPSA) is 78.4 Å². The Morgan fingerprint density at radius 2 is 1.71 bits per heavy atom. The van der Waals surface area contributed by atoms with Crippen LogP contribution in [0.5, 0.6) is 0 Å². The van der Waals surface area contributed by atoms with Gasteiger partial charge in [0.2, 0.25) is 5.91 Å². The molecule has 2 rings (SSSR count). The van der Waals surface area contributed by atoms with Crippen molar-refractivity contribution in [2.75, 3.05) is 19.6 Å². The maximum Gasteiger partial charge on any atom is 0.311 e. The van der Waals surface area contributed by atoms with Crippen LogP contribution in [0, 0.1) is 11.3 Å². The lowest BCUT2D eigenvalue weighted by atomic mass is 9.80. The Labute approximate surface area is 126 Å². The lowest BCUT2D eigenvalue weighted by Gasteiger charge is -2.29. The summed E-state index contributed by atoms with van der Waals surface area (Å²) in [6.07, 6.45) is 8.13. The third-order valence-corrected chi connectivity index (χ3v) is 5.07. The number of rotatable bonds is 5. The quantitative estimate of drug-likeness (QED) is 0.677. The third kappa shape index (κ3) is 4.70. The highest BCUT2D eigenvalue weighted by molar-refractivity contribution is 5.79. The predicted molar refractivity (Wildman–Crippen MR) is 81.0 cm³/mol. The van der Waals surface area contributed by atoms with Crippen molar-refractivity contribution in [3.63, 3.8) is 0 Å². The molecule has 5 nitrogen and oxygen atoms in total. The monoisotopic (exact) mass is 296 g/mol. The van der Waals surface area contributed by atoms with E-state index in [9.17, 15) is 14.7 Å². The average molecular weight is 296 g/mol. The summed E-state index contributed by atoms with van der Waals surface area (Å²) in [7, 11) is 0. The zero-order valence-corrected chi connectivity index (χ0v) is 12.8. The van der Waals surface area contributed by atoms with Gasteiger partial charge in [0, 0.05) is 13.0 Å². The van der Waals surface area contributed by atoms with Crippen LogP contribution in [0.2, 0.25) is 0 Å². The Morgan fingerprint density at radius 1 is 1.10 bits per heavy atom.